The maximum absolute atomic E-state index is 14.6. The summed E-state index contributed by atoms with van der Waals surface area (Å²) >= 11 is 0. The molecule has 0 amide bonds. The van der Waals surface area contributed by atoms with Crippen LogP contribution in [-0.2, 0) is 19.6 Å². The number of hydrogen-bond acceptors (Lipinski definition) is 9. The van der Waals surface area contributed by atoms with Crippen LogP contribution in [0.4, 0.5) is 10.2 Å². The van der Waals surface area contributed by atoms with Crippen molar-refractivity contribution in [1.29, 1.82) is 0 Å². The van der Waals surface area contributed by atoms with Crippen molar-refractivity contribution >= 4 is 44.6 Å². The Balaban J connectivity index is 1.39. The molecular weight excluding hydrogens is 599 g/mol. The van der Waals surface area contributed by atoms with E-state index in [4.69, 9.17) is 9.72 Å². The highest BCUT2D eigenvalue weighted by Crippen LogP contribution is 2.47. The highest BCUT2D eigenvalue weighted by atomic mass is 32.2. The van der Waals surface area contributed by atoms with E-state index >= 15 is 0 Å². The average Bonchev–Trinajstić information content (AvgIpc) is 3.64. The van der Waals surface area contributed by atoms with Gasteiger partial charge in [-0.15, -0.1) is 5.10 Å². The van der Waals surface area contributed by atoms with Crippen molar-refractivity contribution in [2.75, 3.05) is 11.9 Å². The number of carbonyl (C=O) groups excluding carboxylic acids is 2. The van der Waals surface area contributed by atoms with Crippen LogP contribution >= 0.6 is 0 Å². The lowest BCUT2D eigenvalue weighted by atomic mass is 9.61. The number of aromatic nitrogens is 5. The van der Waals surface area contributed by atoms with E-state index in [1.807, 2.05) is 6.92 Å². The first-order valence-electron chi connectivity index (χ1n) is 15.0. The number of benzene rings is 1. The third kappa shape index (κ3) is 4.95. The van der Waals surface area contributed by atoms with Crippen LogP contribution in [0.1, 0.15) is 48.5 Å². The SMILES string of the molecule is CCOC(=O)C1C2CCC(CC2)C1Nc1nc(-c2cn(S(=O)(=O)c3ccc(C)cc3)c3ncc(F)cc23)nn2cc(C=O)cc12. The fourth-order valence-electron chi connectivity index (χ4n) is 6.94. The molecule has 4 aromatic heterocycles. The summed E-state index contributed by atoms with van der Waals surface area (Å²) in [5, 5.41) is 8.33. The van der Waals surface area contributed by atoms with Crippen molar-refractivity contribution in [2.24, 2.45) is 17.8 Å². The number of aryl methyl sites for hydroxylation is 1. The lowest BCUT2D eigenvalue weighted by Gasteiger charge is -2.47. The Kier molecular flexibility index (Phi) is 7.15. The number of carbonyl (C=O) groups is 2. The number of rotatable bonds is 8. The number of aldehydes is 1. The second-order valence-corrected chi connectivity index (χ2v) is 13.6. The van der Waals surface area contributed by atoms with Gasteiger partial charge >= 0.3 is 5.97 Å². The van der Waals surface area contributed by atoms with Gasteiger partial charge in [-0.05, 0) is 75.6 Å². The minimum atomic E-state index is -4.13. The first kappa shape index (κ1) is 29.1. The first-order chi connectivity index (χ1) is 21.7. The van der Waals surface area contributed by atoms with Gasteiger partial charge in [-0.25, -0.2) is 31.3 Å². The van der Waals surface area contributed by atoms with Crippen LogP contribution < -0.4 is 5.32 Å². The second-order valence-electron chi connectivity index (χ2n) is 11.8. The molecule has 3 fully saturated rings. The fraction of sp³-hybridized carbons (Fsp3) is 0.344. The summed E-state index contributed by atoms with van der Waals surface area (Å²) in [7, 11) is -4.13. The van der Waals surface area contributed by atoms with Crippen molar-refractivity contribution in [1.82, 2.24) is 23.6 Å². The van der Waals surface area contributed by atoms with Crippen LogP contribution in [0.25, 0.3) is 27.9 Å². The highest BCUT2D eigenvalue weighted by Gasteiger charge is 2.48. The van der Waals surface area contributed by atoms with Gasteiger partial charge in [0, 0.05) is 34.9 Å². The van der Waals surface area contributed by atoms with Crippen LogP contribution in [0.5, 0.6) is 0 Å². The molecule has 1 N–H and O–H groups in total. The zero-order valence-corrected chi connectivity index (χ0v) is 25.5. The molecule has 45 heavy (non-hydrogen) atoms. The number of ether oxygens (including phenoxy) is 1. The fourth-order valence-corrected chi connectivity index (χ4v) is 8.26. The summed E-state index contributed by atoms with van der Waals surface area (Å²) in [6.45, 7) is 3.92. The maximum atomic E-state index is 14.6. The Morgan fingerprint density at radius 2 is 1.84 bits per heavy atom. The molecule has 2 atom stereocenters. The quantitative estimate of drug-likeness (QED) is 0.185. The molecule has 3 aliphatic carbocycles. The molecule has 8 rings (SSSR count). The van der Waals surface area contributed by atoms with Gasteiger partial charge in [0.1, 0.15) is 11.3 Å². The smallest absolute Gasteiger partial charge is 0.311 e. The zero-order chi connectivity index (χ0) is 31.5. The van der Waals surface area contributed by atoms with Gasteiger partial charge in [0.2, 0.25) is 0 Å². The van der Waals surface area contributed by atoms with Crippen molar-refractivity contribution in [3.8, 4) is 11.4 Å². The minimum absolute atomic E-state index is 0.0123. The van der Waals surface area contributed by atoms with Gasteiger partial charge in [-0.2, -0.15) is 0 Å². The van der Waals surface area contributed by atoms with Crippen LogP contribution in [0.2, 0.25) is 0 Å². The van der Waals surface area contributed by atoms with E-state index in [9.17, 15) is 22.4 Å². The average molecular weight is 631 g/mol. The highest BCUT2D eigenvalue weighted by molar-refractivity contribution is 7.90. The molecule has 1 aromatic carbocycles. The summed E-state index contributed by atoms with van der Waals surface area (Å²) in [5.74, 6) is -0.425. The monoisotopic (exact) mass is 630 g/mol. The van der Waals surface area contributed by atoms with Gasteiger partial charge in [0.25, 0.3) is 10.0 Å². The van der Waals surface area contributed by atoms with Crippen LogP contribution in [0.15, 0.2) is 59.9 Å². The Morgan fingerprint density at radius 1 is 1.11 bits per heavy atom. The lowest BCUT2D eigenvalue weighted by molar-refractivity contribution is -0.154. The van der Waals surface area contributed by atoms with E-state index in [1.165, 1.54) is 35.1 Å². The van der Waals surface area contributed by atoms with Crippen molar-refractivity contribution in [3.05, 3.63) is 71.9 Å². The van der Waals surface area contributed by atoms with Crippen LogP contribution in [0, 0.1) is 30.5 Å². The molecule has 3 aliphatic rings. The molecule has 0 aliphatic heterocycles. The first-order valence-corrected chi connectivity index (χ1v) is 16.4. The molecule has 13 heteroatoms. The normalized spacial score (nSPS) is 21.3. The van der Waals surface area contributed by atoms with Gasteiger partial charge < -0.3 is 10.1 Å². The largest absolute Gasteiger partial charge is 0.466 e. The Bertz CT molecular complexity index is 2070. The van der Waals surface area contributed by atoms with Gasteiger partial charge in [0.05, 0.1) is 23.6 Å². The number of nitrogens with zero attached hydrogens (tertiary/aromatic N) is 5. The van der Waals surface area contributed by atoms with E-state index in [0.717, 1.165) is 41.4 Å². The number of hydrogen-bond donors (Lipinski definition) is 1. The van der Waals surface area contributed by atoms with Crippen molar-refractivity contribution in [2.45, 2.75) is 50.5 Å². The standard InChI is InChI=1S/C32H31FN6O5S/c1-3-44-32(41)27-20-6-8-21(9-7-20)28(27)35-30-26-12-19(17-40)15-38(26)37-29(36-30)25-16-39(31-24(25)13-22(33)14-34-31)45(42,43)23-10-4-18(2)5-11-23/h4-5,10-17,20-21,27-28H,3,6-9H2,1-2H3,(H,35,36,37). The molecular formula is C32H31FN6O5S. The Morgan fingerprint density at radius 3 is 2.56 bits per heavy atom. The molecule has 0 radical (unpaired) electrons. The molecule has 232 valence electrons. The molecule has 4 heterocycles. The molecule has 2 unspecified atom stereocenters. The molecule has 0 spiro atoms. The van der Waals surface area contributed by atoms with E-state index in [1.54, 1.807) is 25.1 Å². The third-order valence-corrected chi connectivity index (χ3v) is 10.8. The maximum Gasteiger partial charge on any atom is 0.311 e. The molecule has 3 saturated carbocycles. The predicted octanol–water partition coefficient (Wildman–Crippen LogP) is 5.02. The third-order valence-electron chi connectivity index (χ3n) is 9.10. The summed E-state index contributed by atoms with van der Waals surface area (Å²) in [5.41, 5.74) is 2.00. The van der Waals surface area contributed by atoms with E-state index < -0.39 is 15.8 Å². The number of nitrogens with one attached hydrogen (secondary N) is 1. The van der Waals surface area contributed by atoms with Crippen molar-refractivity contribution < 1.29 is 27.1 Å². The van der Waals surface area contributed by atoms with Gasteiger partial charge in [-0.3, -0.25) is 9.59 Å². The summed E-state index contributed by atoms with van der Waals surface area (Å²) in [6, 6.07) is 8.97. The molecule has 0 saturated heterocycles. The molecule has 11 nitrogen and oxygen atoms in total. The number of pyridine rings is 1. The lowest BCUT2D eigenvalue weighted by Crippen LogP contribution is -2.52. The summed E-state index contributed by atoms with van der Waals surface area (Å²) in [4.78, 5) is 33.9. The molecule has 2 bridgehead atoms. The second kappa shape index (κ2) is 11.1. The van der Waals surface area contributed by atoms with Gasteiger partial charge in [-0.1, -0.05) is 17.7 Å². The van der Waals surface area contributed by atoms with Crippen LogP contribution in [0.3, 0.4) is 0 Å². The number of halogens is 1. The van der Waals surface area contributed by atoms with E-state index in [0.29, 0.717) is 23.2 Å². The van der Waals surface area contributed by atoms with Crippen LogP contribution in [-0.4, -0.2) is 56.9 Å². The Hall–Kier alpha value is -4.65. The Labute approximate surface area is 258 Å². The summed E-state index contributed by atoms with van der Waals surface area (Å²) < 4.78 is 50.1. The number of esters is 1. The summed E-state index contributed by atoms with van der Waals surface area (Å²) in [6.07, 6.45) is 8.35. The zero-order valence-electron chi connectivity index (χ0n) is 24.7. The van der Waals surface area contributed by atoms with E-state index in [2.05, 4.69) is 15.4 Å². The van der Waals surface area contributed by atoms with Gasteiger partial charge in [0.15, 0.2) is 23.6 Å². The van der Waals surface area contributed by atoms with E-state index in [-0.39, 0.29) is 63.7 Å². The molecule has 5 aromatic rings. The van der Waals surface area contributed by atoms with Crippen molar-refractivity contribution in [3.63, 3.8) is 0 Å². The number of anilines is 1. The predicted molar refractivity (Wildman–Crippen MR) is 164 cm³/mol. The minimum Gasteiger partial charge on any atom is -0.466 e. The number of fused-ring (bicyclic) bond motifs is 5. The topological polar surface area (TPSA) is 138 Å².